The van der Waals surface area contributed by atoms with Crippen molar-refractivity contribution < 1.29 is 4.74 Å². The number of ether oxygens (including phenoxy) is 1. The van der Waals surface area contributed by atoms with E-state index in [1.54, 1.807) is 6.20 Å². The number of nitrogens with one attached hydrogen (secondary N) is 2. The number of pyridine rings is 3. The van der Waals surface area contributed by atoms with Gasteiger partial charge in [0.15, 0.2) is 0 Å². The minimum Gasteiger partial charge on any atom is -0.491 e. The summed E-state index contributed by atoms with van der Waals surface area (Å²) in [6, 6.07) is 8.37. The lowest BCUT2D eigenvalue weighted by Crippen LogP contribution is -2.44. The first kappa shape index (κ1) is 24.1. The number of anilines is 1. The lowest BCUT2D eigenvalue weighted by Gasteiger charge is -2.34. The second-order valence-corrected chi connectivity index (χ2v) is 10.6. The van der Waals surface area contributed by atoms with Crippen LogP contribution < -0.4 is 9.64 Å². The van der Waals surface area contributed by atoms with Crippen LogP contribution in [0.15, 0.2) is 49.1 Å². The van der Waals surface area contributed by atoms with Crippen molar-refractivity contribution in [1.82, 2.24) is 39.9 Å². The Morgan fingerprint density at radius 1 is 0.923 bits per heavy atom. The molecule has 0 atom stereocenters. The SMILES string of the molecule is CN1CCN(c2ccnc3[nH]c(-c4n[nH]c5cnc(-c6cncc(OCCN7CCCC7)c6)cc45)cc23)CC1. The van der Waals surface area contributed by atoms with Crippen molar-refractivity contribution in [2.24, 2.45) is 0 Å². The summed E-state index contributed by atoms with van der Waals surface area (Å²) in [5.41, 5.74) is 6.49. The Morgan fingerprint density at radius 3 is 2.67 bits per heavy atom. The molecule has 0 amide bonds. The van der Waals surface area contributed by atoms with Crippen molar-refractivity contribution >= 4 is 27.6 Å². The van der Waals surface area contributed by atoms with Crippen molar-refractivity contribution in [3.63, 3.8) is 0 Å². The number of likely N-dealkylation sites (N-methyl/N-ethyl adjacent to an activating group) is 1. The van der Waals surface area contributed by atoms with Crippen molar-refractivity contribution in [3.8, 4) is 28.4 Å². The van der Waals surface area contributed by atoms with E-state index in [0.717, 1.165) is 83.1 Å². The largest absolute Gasteiger partial charge is 0.491 e. The van der Waals surface area contributed by atoms with Crippen LogP contribution >= 0.6 is 0 Å². The number of aromatic nitrogens is 6. The molecule has 2 aliphatic rings. The Bertz CT molecular complexity index is 1600. The van der Waals surface area contributed by atoms with E-state index < -0.39 is 0 Å². The highest BCUT2D eigenvalue weighted by atomic mass is 16.5. The predicted octanol–water partition coefficient (Wildman–Crippen LogP) is 3.79. The Labute approximate surface area is 227 Å². The van der Waals surface area contributed by atoms with Gasteiger partial charge in [0.25, 0.3) is 0 Å². The summed E-state index contributed by atoms with van der Waals surface area (Å²) < 4.78 is 6.03. The molecule has 0 bridgehead atoms. The fourth-order valence-corrected chi connectivity index (χ4v) is 5.68. The van der Waals surface area contributed by atoms with E-state index in [-0.39, 0.29) is 0 Å². The van der Waals surface area contributed by atoms with E-state index in [0.29, 0.717) is 6.61 Å². The summed E-state index contributed by atoms with van der Waals surface area (Å²) in [5, 5.41) is 9.91. The van der Waals surface area contributed by atoms with Crippen molar-refractivity contribution in [2.45, 2.75) is 12.8 Å². The zero-order valence-electron chi connectivity index (χ0n) is 22.2. The molecule has 2 aliphatic heterocycles. The van der Waals surface area contributed by atoms with Crippen LogP contribution in [0.3, 0.4) is 0 Å². The zero-order valence-corrected chi connectivity index (χ0v) is 22.2. The Balaban J connectivity index is 1.17. The molecule has 10 heteroatoms. The van der Waals surface area contributed by atoms with Gasteiger partial charge < -0.3 is 19.5 Å². The van der Waals surface area contributed by atoms with E-state index >= 15 is 0 Å². The van der Waals surface area contributed by atoms with Gasteiger partial charge >= 0.3 is 0 Å². The van der Waals surface area contributed by atoms with Gasteiger partial charge in [0, 0.05) is 67.1 Å². The molecule has 200 valence electrons. The molecule has 7 heterocycles. The van der Waals surface area contributed by atoms with Crippen LogP contribution in [0.25, 0.3) is 44.6 Å². The Hall–Kier alpha value is -4.02. The quantitative estimate of drug-likeness (QED) is 0.332. The fourth-order valence-electron chi connectivity index (χ4n) is 5.68. The maximum atomic E-state index is 6.03. The zero-order chi connectivity index (χ0) is 26.2. The Kier molecular flexibility index (Phi) is 6.34. The van der Waals surface area contributed by atoms with Crippen molar-refractivity contribution in [2.75, 3.05) is 64.4 Å². The third-order valence-electron chi connectivity index (χ3n) is 7.94. The summed E-state index contributed by atoms with van der Waals surface area (Å²) in [7, 11) is 2.18. The van der Waals surface area contributed by atoms with Gasteiger partial charge in [-0.2, -0.15) is 5.10 Å². The van der Waals surface area contributed by atoms with E-state index in [9.17, 15) is 0 Å². The fraction of sp³-hybridized carbons (Fsp3) is 0.379. The van der Waals surface area contributed by atoms with Crippen molar-refractivity contribution in [3.05, 3.63) is 49.1 Å². The van der Waals surface area contributed by atoms with Gasteiger partial charge in [0.05, 0.1) is 29.3 Å². The average Bonchev–Trinajstić information content (AvgIpc) is 3.73. The minimum absolute atomic E-state index is 0.661. The smallest absolute Gasteiger partial charge is 0.139 e. The lowest BCUT2D eigenvalue weighted by atomic mass is 10.1. The van der Waals surface area contributed by atoms with E-state index in [2.05, 4.69) is 70.1 Å². The molecular weight excluding hydrogens is 490 g/mol. The molecule has 0 spiro atoms. The van der Waals surface area contributed by atoms with Crippen LogP contribution in [-0.2, 0) is 0 Å². The molecule has 5 aromatic heterocycles. The molecule has 2 fully saturated rings. The second kappa shape index (κ2) is 10.3. The maximum Gasteiger partial charge on any atom is 0.139 e. The molecule has 2 N–H and O–H groups in total. The number of rotatable bonds is 7. The third-order valence-corrected chi connectivity index (χ3v) is 7.94. The normalized spacial score (nSPS) is 17.0. The number of nitrogens with zero attached hydrogens (tertiary/aromatic N) is 7. The van der Waals surface area contributed by atoms with Gasteiger partial charge in [-0.3, -0.25) is 20.0 Å². The molecule has 7 rings (SSSR count). The first-order valence-electron chi connectivity index (χ1n) is 13.8. The van der Waals surface area contributed by atoms with Gasteiger partial charge in [0.1, 0.15) is 23.7 Å². The molecule has 0 aromatic carbocycles. The van der Waals surface area contributed by atoms with Gasteiger partial charge in [-0.1, -0.05) is 0 Å². The van der Waals surface area contributed by atoms with E-state index in [1.807, 2.05) is 24.7 Å². The molecule has 0 saturated carbocycles. The first-order chi connectivity index (χ1) is 19.2. The highest BCUT2D eigenvalue weighted by molar-refractivity contribution is 5.99. The number of fused-ring (bicyclic) bond motifs is 2. The topological polar surface area (TPSA) is 102 Å². The minimum atomic E-state index is 0.661. The van der Waals surface area contributed by atoms with Gasteiger partial charge in [0.2, 0.25) is 0 Å². The number of likely N-dealkylation sites (tertiary alicyclic amines) is 1. The van der Waals surface area contributed by atoms with E-state index in [4.69, 9.17) is 4.74 Å². The third kappa shape index (κ3) is 4.81. The summed E-state index contributed by atoms with van der Waals surface area (Å²) in [6.45, 7) is 8.07. The highest BCUT2D eigenvalue weighted by Gasteiger charge is 2.20. The average molecular weight is 524 g/mol. The molecule has 5 aromatic rings. The van der Waals surface area contributed by atoms with Crippen LogP contribution in [0.4, 0.5) is 5.69 Å². The number of hydrogen-bond donors (Lipinski definition) is 2. The van der Waals surface area contributed by atoms with Crippen LogP contribution in [-0.4, -0.2) is 99.4 Å². The van der Waals surface area contributed by atoms with Gasteiger partial charge in [-0.25, -0.2) is 4.98 Å². The first-order valence-corrected chi connectivity index (χ1v) is 13.8. The predicted molar refractivity (Wildman–Crippen MR) is 153 cm³/mol. The highest BCUT2D eigenvalue weighted by Crippen LogP contribution is 2.34. The monoisotopic (exact) mass is 523 g/mol. The molecule has 0 unspecified atom stereocenters. The van der Waals surface area contributed by atoms with Crippen LogP contribution in [0.1, 0.15) is 12.8 Å². The van der Waals surface area contributed by atoms with Gasteiger partial charge in [-0.05, 0) is 57.2 Å². The summed E-state index contributed by atoms with van der Waals surface area (Å²) in [6.07, 6.45) is 9.88. The summed E-state index contributed by atoms with van der Waals surface area (Å²) in [5.74, 6) is 0.763. The second-order valence-electron chi connectivity index (χ2n) is 10.6. The number of H-pyrrole nitrogens is 2. The van der Waals surface area contributed by atoms with Crippen LogP contribution in [0, 0.1) is 0 Å². The van der Waals surface area contributed by atoms with Crippen molar-refractivity contribution in [1.29, 1.82) is 0 Å². The van der Waals surface area contributed by atoms with Crippen LogP contribution in [0.5, 0.6) is 5.75 Å². The van der Waals surface area contributed by atoms with E-state index in [1.165, 1.54) is 31.6 Å². The molecule has 0 aliphatic carbocycles. The number of aromatic amines is 2. The number of hydrogen-bond acceptors (Lipinski definition) is 8. The Morgan fingerprint density at radius 2 is 1.79 bits per heavy atom. The molecule has 2 saturated heterocycles. The summed E-state index contributed by atoms with van der Waals surface area (Å²) in [4.78, 5) is 24.5. The number of piperazine rings is 1. The van der Waals surface area contributed by atoms with Crippen LogP contribution in [0.2, 0.25) is 0 Å². The molecule has 0 radical (unpaired) electrons. The lowest BCUT2D eigenvalue weighted by molar-refractivity contribution is 0.237. The molecule has 39 heavy (non-hydrogen) atoms. The molecule has 10 nitrogen and oxygen atoms in total. The maximum absolute atomic E-state index is 6.03. The summed E-state index contributed by atoms with van der Waals surface area (Å²) >= 11 is 0. The van der Waals surface area contributed by atoms with Gasteiger partial charge in [-0.15, -0.1) is 0 Å². The molecular formula is C29H33N9O. The standard InChI is InChI=1S/C29H33N9O/c1-36-8-10-38(11-9-36)27-4-5-31-29-23(27)16-25(33-29)28-22-15-24(32-19-26(22)34-35-28)20-14-21(18-30-17-20)39-13-12-37-6-2-3-7-37/h4-5,14-19H,2-3,6-13H2,1H3,(H,31,33)(H,34,35).